The maximum atomic E-state index is 12.2. The number of halogens is 1. The number of nitrogens with zero attached hydrogens (tertiary/aromatic N) is 1. The first-order chi connectivity index (χ1) is 8.13. The predicted molar refractivity (Wildman–Crippen MR) is 76.1 cm³/mol. The predicted octanol–water partition coefficient (Wildman–Crippen LogP) is 1.54. The fraction of sp³-hybridized carbons (Fsp3) is 0.923. The lowest BCUT2D eigenvalue weighted by atomic mass is 10.0. The highest BCUT2D eigenvalue weighted by Gasteiger charge is 2.22. The molecule has 1 atom stereocenters. The Morgan fingerprint density at radius 2 is 2.22 bits per heavy atom. The average molecular weight is 279 g/mol. The molecule has 5 heteroatoms. The van der Waals surface area contributed by atoms with Crippen LogP contribution in [0, 0.1) is 11.8 Å². The van der Waals surface area contributed by atoms with Crippen LogP contribution in [0.25, 0.3) is 0 Å². The molecule has 1 rings (SSSR count). The maximum absolute atomic E-state index is 12.2. The summed E-state index contributed by atoms with van der Waals surface area (Å²) in [5.41, 5.74) is 0. The number of amides is 1. The Morgan fingerprint density at radius 1 is 1.50 bits per heavy atom. The number of rotatable bonds is 7. The summed E-state index contributed by atoms with van der Waals surface area (Å²) in [4.78, 5) is 14.1. The zero-order valence-electron chi connectivity index (χ0n) is 11.8. The number of methoxy groups -OCH3 is 1. The normalized spacial score (nSPS) is 18.8. The van der Waals surface area contributed by atoms with Crippen LogP contribution in [0.15, 0.2) is 0 Å². The summed E-state index contributed by atoms with van der Waals surface area (Å²) in [7, 11) is 1.68. The van der Waals surface area contributed by atoms with Crippen LogP contribution in [-0.4, -0.2) is 50.7 Å². The van der Waals surface area contributed by atoms with E-state index in [4.69, 9.17) is 4.74 Å². The van der Waals surface area contributed by atoms with Gasteiger partial charge in [0.1, 0.15) is 0 Å². The number of carbonyl (C=O) groups is 1. The third-order valence-electron chi connectivity index (χ3n) is 3.13. The van der Waals surface area contributed by atoms with Crippen LogP contribution in [0.1, 0.15) is 26.7 Å². The molecule has 0 aromatic rings. The van der Waals surface area contributed by atoms with E-state index in [0.717, 1.165) is 26.1 Å². The van der Waals surface area contributed by atoms with Gasteiger partial charge in [-0.1, -0.05) is 13.8 Å². The third-order valence-corrected chi connectivity index (χ3v) is 3.13. The van der Waals surface area contributed by atoms with Gasteiger partial charge >= 0.3 is 0 Å². The smallest absolute Gasteiger partial charge is 0.222 e. The van der Waals surface area contributed by atoms with Gasteiger partial charge in [0.15, 0.2) is 0 Å². The lowest BCUT2D eigenvalue weighted by Gasteiger charge is -2.25. The number of nitrogens with one attached hydrogen (secondary N) is 1. The van der Waals surface area contributed by atoms with Crippen LogP contribution in [0.5, 0.6) is 0 Å². The molecule has 108 valence electrons. The second-order valence-corrected chi connectivity index (χ2v) is 5.29. The van der Waals surface area contributed by atoms with E-state index in [-0.39, 0.29) is 18.3 Å². The van der Waals surface area contributed by atoms with E-state index in [2.05, 4.69) is 19.2 Å². The van der Waals surface area contributed by atoms with Crippen molar-refractivity contribution >= 4 is 18.3 Å². The van der Waals surface area contributed by atoms with Gasteiger partial charge in [0.05, 0.1) is 6.61 Å². The molecule has 4 nitrogen and oxygen atoms in total. The molecule has 18 heavy (non-hydrogen) atoms. The second-order valence-electron chi connectivity index (χ2n) is 5.29. The van der Waals surface area contributed by atoms with Crippen LogP contribution in [0.3, 0.4) is 0 Å². The zero-order valence-corrected chi connectivity index (χ0v) is 12.6. The van der Waals surface area contributed by atoms with Gasteiger partial charge in [-0.2, -0.15) is 0 Å². The standard InChI is InChI=1S/C13H26N2O2.ClH/c1-11(2)10-15(6-7-17-3)13(16)8-12-4-5-14-9-12;/h11-12,14H,4-10H2,1-3H3;1H. The molecular formula is C13H27ClN2O2. The van der Waals surface area contributed by atoms with E-state index >= 15 is 0 Å². The Morgan fingerprint density at radius 3 is 2.72 bits per heavy atom. The van der Waals surface area contributed by atoms with Gasteiger partial charge in [0, 0.05) is 26.6 Å². The van der Waals surface area contributed by atoms with Gasteiger partial charge in [-0.25, -0.2) is 0 Å². The molecule has 1 unspecified atom stereocenters. The molecule has 1 aliphatic heterocycles. The summed E-state index contributed by atoms with van der Waals surface area (Å²) in [6.45, 7) is 8.51. The highest BCUT2D eigenvalue weighted by molar-refractivity contribution is 5.85. The Kier molecular flexibility index (Phi) is 9.42. The van der Waals surface area contributed by atoms with E-state index < -0.39 is 0 Å². The molecule has 1 heterocycles. The first-order valence-electron chi connectivity index (χ1n) is 6.61. The Balaban J connectivity index is 0.00000289. The maximum Gasteiger partial charge on any atom is 0.222 e. The van der Waals surface area contributed by atoms with Gasteiger partial charge in [-0.3, -0.25) is 4.79 Å². The number of ether oxygens (including phenoxy) is 1. The van der Waals surface area contributed by atoms with E-state index in [1.54, 1.807) is 7.11 Å². The molecule has 0 saturated carbocycles. The van der Waals surface area contributed by atoms with Gasteiger partial charge in [0.2, 0.25) is 5.91 Å². The Labute approximate surface area is 117 Å². The molecule has 1 saturated heterocycles. The molecule has 0 radical (unpaired) electrons. The van der Waals surface area contributed by atoms with Gasteiger partial charge in [0.25, 0.3) is 0 Å². The van der Waals surface area contributed by atoms with Gasteiger partial charge in [-0.05, 0) is 31.3 Å². The molecule has 1 fully saturated rings. The molecule has 0 spiro atoms. The topological polar surface area (TPSA) is 41.6 Å². The number of carbonyl (C=O) groups excluding carboxylic acids is 1. The van der Waals surface area contributed by atoms with E-state index in [0.29, 0.717) is 31.4 Å². The van der Waals surface area contributed by atoms with Crippen LogP contribution < -0.4 is 5.32 Å². The van der Waals surface area contributed by atoms with Gasteiger partial charge < -0.3 is 15.0 Å². The largest absolute Gasteiger partial charge is 0.383 e. The van der Waals surface area contributed by atoms with E-state index in [1.165, 1.54) is 0 Å². The van der Waals surface area contributed by atoms with Crippen molar-refractivity contribution in [3.63, 3.8) is 0 Å². The number of hydrogen-bond acceptors (Lipinski definition) is 3. The van der Waals surface area contributed by atoms with Crippen molar-refractivity contribution in [2.24, 2.45) is 11.8 Å². The monoisotopic (exact) mass is 278 g/mol. The van der Waals surface area contributed by atoms with Crippen molar-refractivity contribution in [2.45, 2.75) is 26.7 Å². The minimum atomic E-state index is 0. The van der Waals surface area contributed by atoms with Gasteiger partial charge in [-0.15, -0.1) is 12.4 Å². The minimum absolute atomic E-state index is 0. The highest BCUT2D eigenvalue weighted by atomic mass is 35.5. The summed E-state index contributed by atoms with van der Waals surface area (Å²) in [6.07, 6.45) is 1.81. The Hall–Kier alpha value is -0.320. The molecule has 0 bridgehead atoms. The Bertz CT molecular complexity index is 231. The first-order valence-corrected chi connectivity index (χ1v) is 6.61. The van der Waals surface area contributed by atoms with Crippen molar-refractivity contribution in [2.75, 3.05) is 39.9 Å². The molecule has 1 amide bonds. The summed E-state index contributed by atoms with van der Waals surface area (Å²) in [6, 6.07) is 0. The fourth-order valence-electron chi connectivity index (χ4n) is 2.22. The van der Waals surface area contributed by atoms with Crippen molar-refractivity contribution in [3.05, 3.63) is 0 Å². The highest BCUT2D eigenvalue weighted by Crippen LogP contribution is 2.14. The minimum Gasteiger partial charge on any atom is -0.383 e. The molecule has 1 N–H and O–H groups in total. The van der Waals surface area contributed by atoms with Crippen molar-refractivity contribution in [3.8, 4) is 0 Å². The van der Waals surface area contributed by atoms with Crippen molar-refractivity contribution in [1.29, 1.82) is 0 Å². The summed E-state index contributed by atoms with van der Waals surface area (Å²) in [5.74, 6) is 1.32. The molecule has 0 aromatic carbocycles. The van der Waals surface area contributed by atoms with Crippen LogP contribution >= 0.6 is 12.4 Å². The third kappa shape index (κ3) is 6.57. The molecule has 0 aliphatic carbocycles. The molecular weight excluding hydrogens is 252 g/mol. The molecule has 1 aliphatic rings. The van der Waals surface area contributed by atoms with E-state index in [1.807, 2.05) is 4.90 Å². The lowest BCUT2D eigenvalue weighted by Crippen LogP contribution is -2.37. The fourth-order valence-corrected chi connectivity index (χ4v) is 2.22. The van der Waals surface area contributed by atoms with Crippen LogP contribution in [-0.2, 0) is 9.53 Å². The van der Waals surface area contributed by atoms with Crippen molar-refractivity contribution < 1.29 is 9.53 Å². The quantitative estimate of drug-likeness (QED) is 0.768. The summed E-state index contributed by atoms with van der Waals surface area (Å²) in [5, 5.41) is 3.31. The number of hydrogen-bond donors (Lipinski definition) is 1. The van der Waals surface area contributed by atoms with Crippen LogP contribution in [0.4, 0.5) is 0 Å². The second kappa shape index (κ2) is 9.59. The summed E-state index contributed by atoms with van der Waals surface area (Å²) < 4.78 is 5.07. The van der Waals surface area contributed by atoms with Crippen molar-refractivity contribution in [1.82, 2.24) is 10.2 Å². The molecule has 0 aromatic heterocycles. The first kappa shape index (κ1) is 17.7. The van der Waals surface area contributed by atoms with E-state index in [9.17, 15) is 4.79 Å². The van der Waals surface area contributed by atoms with Crippen LogP contribution in [0.2, 0.25) is 0 Å². The SMILES string of the molecule is COCCN(CC(C)C)C(=O)CC1CCNC1.Cl. The average Bonchev–Trinajstić information content (AvgIpc) is 2.76. The lowest BCUT2D eigenvalue weighted by molar-refractivity contribution is -0.133. The zero-order chi connectivity index (χ0) is 12.7. The summed E-state index contributed by atoms with van der Waals surface area (Å²) >= 11 is 0.